The zero-order valence-electron chi connectivity index (χ0n) is 8.73. The lowest BCUT2D eigenvalue weighted by Crippen LogP contribution is -2.24. The van der Waals surface area contributed by atoms with Gasteiger partial charge in [0.15, 0.2) is 4.64 Å². The number of nitrogens with one attached hydrogen (secondary N) is 2. The number of carbonyl (C=O) groups is 1. The van der Waals surface area contributed by atoms with Gasteiger partial charge in [0.2, 0.25) is 5.91 Å². The van der Waals surface area contributed by atoms with Crippen molar-refractivity contribution in [1.29, 1.82) is 0 Å². The van der Waals surface area contributed by atoms with Crippen LogP contribution in [-0.2, 0) is 11.3 Å². The maximum atomic E-state index is 10.7. The number of rotatable bonds is 3. The Morgan fingerprint density at radius 3 is 3.19 bits per heavy atom. The number of hydrogen-bond acceptors (Lipinski definition) is 4. The highest BCUT2D eigenvalue weighted by atomic mass is 32.1. The molecule has 0 radical (unpaired) electrons. The molecule has 0 aliphatic rings. The molecule has 0 unspecified atom stereocenters. The molecular formula is C9H11N5OS. The first-order valence-electron chi connectivity index (χ1n) is 4.81. The average Bonchev–Trinajstić information content (AvgIpc) is 2.63. The molecule has 0 saturated heterocycles. The highest BCUT2D eigenvalue weighted by Gasteiger charge is 2.04. The number of imidazole rings is 1. The number of fused-ring (bicyclic) bond motifs is 1. The Kier molecular flexibility index (Phi) is 2.95. The van der Waals surface area contributed by atoms with Gasteiger partial charge in [-0.25, -0.2) is 9.97 Å². The SMILES string of the molecule is CC(=O)NCCn1cnc2c(=S)nc[nH]c21. The van der Waals surface area contributed by atoms with Crippen LogP contribution in [0.4, 0.5) is 0 Å². The molecule has 2 N–H and O–H groups in total. The zero-order chi connectivity index (χ0) is 11.5. The van der Waals surface area contributed by atoms with E-state index in [1.807, 2.05) is 4.57 Å². The average molecular weight is 237 g/mol. The largest absolute Gasteiger partial charge is 0.355 e. The molecule has 2 aromatic rings. The fourth-order valence-corrected chi connectivity index (χ4v) is 1.63. The van der Waals surface area contributed by atoms with Gasteiger partial charge >= 0.3 is 0 Å². The number of carbonyl (C=O) groups excluding carboxylic acids is 1. The molecule has 0 aliphatic heterocycles. The Labute approximate surface area is 96.7 Å². The second-order valence-corrected chi connectivity index (χ2v) is 3.71. The van der Waals surface area contributed by atoms with Gasteiger partial charge in [0.25, 0.3) is 0 Å². The van der Waals surface area contributed by atoms with Crippen LogP contribution >= 0.6 is 12.2 Å². The summed E-state index contributed by atoms with van der Waals surface area (Å²) >= 11 is 5.04. The Hall–Kier alpha value is -1.76. The van der Waals surface area contributed by atoms with Gasteiger partial charge in [-0.2, -0.15) is 0 Å². The van der Waals surface area contributed by atoms with Crippen LogP contribution in [0.2, 0.25) is 0 Å². The first-order chi connectivity index (χ1) is 7.68. The van der Waals surface area contributed by atoms with Crippen LogP contribution in [0.25, 0.3) is 11.2 Å². The van der Waals surface area contributed by atoms with Crippen molar-refractivity contribution in [2.24, 2.45) is 0 Å². The third-order valence-electron chi connectivity index (χ3n) is 2.15. The van der Waals surface area contributed by atoms with E-state index in [1.54, 1.807) is 12.7 Å². The minimum Gasteiger partial charge on any atom is -0.355 e. The van der Waals surface area contributed by atoms with E-state index in [4.69, 9.17) is 12.2 Å². The van der Waals surface area contributed by atoms with Crippen LogP contribution in [-0.4, -0.2) is 32.0 Å². The number of H-pyrrole nitrogens is 1. The van der Waals surface area contributed by atoms with Crippen molar-refractivity contribution in [3.8, 4) is 0 Å². The van der Waals surface area contributed by atoms with Crippen LogP contribution < -0.4 is 5.32 Å². The van der Waals surface area contributed by atoms with E-state index in [-0.39, 0.29) is 5.91 Å². The number of amides is 1. The summed E-state index contributed by atoms with van der Waals surface area (Å²) in [5.41, 5.74) is 1.51. The Morgan fingerprint density at radius 2 is 2.44 bits per heavy atom. The molecule has 1 amide bonds. The van der Waals surface area contributed by atoms with Crippen LogP contribution in [0.15, 0.2) is 12.7 Å². The topological polar surface area (TPSA) is 75.6 Å². The van der Waals surface area contributed by atoms with Gasteiger partial charge in [0.05, 0.1) is 12.7 Å². The summed E-state index contributed by atoms with van der Waals surface area (Å²) in [5, 5.41) is 2.72. The van der Waals surface area contributed by atoms with E-state index in [2.05, 4.69) is 20.3 Å². The highest BCUT2D eigenvalue weighted by molar-refractivity contribution is 7.71. The second-order valence-electron chi connectivity index (χ2n) is 3.33. The fourth-order valence-electron chi connectivity index (χ4n) is 1.43. The molecule has 2 heterocycles. The van der Waals surface area contributed by atoms with E-state index < -0.39 is 0 Å². The summed E-state index contributed by atoms with van der Waals surface area (Å²) in [6, 6.07) is 0. The molecule has 0 aliphatic carbocycles. The third-order valence-corrected chi connectivity index (χ3v) is 2.45. The normalized spacial score (nSPS) is 10.6. The maximum Gasteiger partial charge on any atom is 0.216 e. The fraction of sp³-hybridized carbons (Fsp3) is 0.333. The quantitative estimate of drug-likeness (QED) is 0.767. The van der Waals surface area contributed by atoms with E-state index in [1.165, 1.54) is 6.92 Å². The lowest BCUT2D eigenvalue weighted by Gasteiger charge is -2.04. The van der Waals surface area contributed by atoms with E-state index in [0.29, 0.717) is 23.2 Å². The molecule has 0 bridgehead atoms. The number of aromatic nitrogens is 4. The van der Waals surface area contributed by atoms with Gasteiger partial charge in [0, 0.05) is 20.0 Å². The lowest BCUT2D eigenvalue weighted by molar-refractivity contribution is -0.118. The molecule has 0 fully saturated rings. The van der Waals surface area contributed by atoms with Crippen molar-refractivity contribution in [2.45, 2.75) is 13.5 Å². The van der Waals surface area contributed by atoms with Gasteiger partial charge in [-0.05, 0) is 0 Å². The van der Waals surface area contributed by atoms with Gasteiger partial charge in [-0.1, -0.05) is 12.2 Å². The molecule has 6 nitrogen and oxygen atoms in total. The predicted octanol–water partition coefficient (Wildman–Crippen LogP) is 0.625. The summed E-state index contributed by atoms with van der Waals surface area (Å²) in [4.78, 5) is 21.8. The first kappa shape index (κ1) is 10.7. The number of hydrogen-bond donors (Lipinski definition) is 2. The molecule has 2 aromatic heterocycles. The molecule has 7 heteroatoms. The molecule has 0 atom stereocenters. The molecule has 0 aromatic carbocycles. The van der Waals surface area contributed by atoms with Crippen molar-refractivity contribution >= 4 is 29.3 Å². The van der Waals surface area contributed by atoms with Crippen LogP contribution in [0, 0.1) is 4.64 Å². The summed E-state index contributed by atoms with van der Waals surface area (Å²) in [7, 11) is 0. The summed E-state index contributed by atoms with van der Waals surface area (Å²) < 4.78 is 2.37. The van der Waals surface area contributed by atoms with Crippen molar-refractivity contribution in [2.75, 3.05) is 6.54 Å². The molecular weight excluding hydrogens is 226 g/mol. The van der Waals surface area contributed by atoms with Crippen molar-refractivity contribution in [1.82, 2.24) is 24.8 Å². The van der Waals surface area contributed by atoms with Crippen molar-refractivity contribution in [3.63, 3.8) is 0 Å². The minimum absolute atomic E-state index is 0.0426. The first-order valence-corrected chi connectivity index (χ1v) is 5.22. The van der Waals surface area contributed by atoms with Crippen LogP contribution in [0.1, 0.15) is 6.92 Å². The Bertz CT molecular complexity index is 573. The smallest absolute Gasteiger partial charge is 0.216 e. The Balaban J connectivity index is 2.22. The summed E-state index contributed by atoms with van der Waals surface area (Å²) in [6.07, 6.45) is 3.22. The number of aromatic amines is 1. The van der Waals surface area contributed by atoms with Crippen LogP contribution in [0.5, 0.6) is 0 Å². The van der Waals surface area contributed by atoms with Gasteiger partial charge in [-0.15, -0.1) is 0 Å². The second kappa shape index (κ2) is 4.40. The minimum atomic E-state index is -0.0426. The molecule has 84 valence electrons. The summed E-state index contributed by atoms with van der Waals surface area (Å²) in [5.74, 6) is -0.0426. The summed E-state index contributed by atoms with van der Waals surface area (Å²) in [6.45, 7) is 2.69. The molecule has 0 saturated carbocycles. The third kappa shape index (κ3) is 2.08. The molecule has 2 rings (SSSR count). The Morgan fingerprint density at radius 1 is 1.62 bits per heavy atom. The highest BCUT2D eigenvalue weighted by Crippen LogP contribution is 2.08. The molecule has 16 heavy (non-hydrogen) atoms. The van der Waals surface area contributed by atoms with Crippen molar-refractivity contribution in [3.05, 3.63) is 17.3 Å². The van der Waals surface area contributed by atoms with E-state index in [9.17, 15) is 4.79 Å². The van der Waals surface area contributed by atoms with Crippen molar-refractivity contribution < 1.29 is 4.79 Å². The standard InChI is InChI=1S/C9H11N5OS/c1-6(15)10-2-3-14-5-13-7-8(14)11-4-12-9(7)16/h4-5H,2-3H2,1H3,(H,10,15)(H,11,12,16). The maximum absolute atomic E-state index is 10.7. The van der Waals surface area contributed by atoms with E-state index in [0.717, 1.165) is 5.65 Å². The monoisotopic (exact) mass is 237 g/mol. The number of nitrogens with zero attached hydrogens (tertiary/aromatic N) is 3. The van der Waals surface area contributed by atoms with E-state index >= 15 is 0 Å². The van der Waals surface area contributed by atoms with Gasteiger partial charge in [-0.3, -0.25) is 4.79 Å². The van der Waals surface area contributed by atoms with Gasteiger partial charge < -0.3 is 14.9 Å². The zero-order valence-corrected chi connectivity index (χ0v) is 9.54. The molecule has 0 spiro atoms. The predicted molar refractivity (Wildman–Crippen MR) is 61.4 cm³/mol. The van der Waals surface area contributed by atoms with Gasteiger partial charge in [0.1, 0.15) is 11.2 Å². The van der Waals surface area contributed by atoms with Crippen LogP contribution in [0.3, 0.4) is 0 Å². The lowest BCUT2D eigenvalue weighted by atomic mass is 10.5.